The molecule has 0 bridgehead atoms. The van der Waals surface area contributed by atoms with Crippen molar-refractivity contribution in [1.29, 1.82) is 0 Å². The fourth-order valence-corrected chi connectivity index (χ4v) is 3.80. The van der Waals surface area contributed by atoms with Gasteiger partial charge in [-0.2, -0.15) is 0 Å². The summed E-state index contributed by atoms with van der Waals surface area (Å²) in [5, 5.41) is 0. The number of halogens is 1. The topological polar surface area (TPSA) is 42.2 Å². The summed E-state index contributed by atoms with van der Waals surface area (Å²) in [6, 6.07) is 6.61. The fourth-order valence-electron chi connectivity index (χ4n) is 3.16. The van der Waals surface area contributed by atoms with Crippen molar-refractivity contribution in [2.45, 2.75) is 25.3 Å². The number of nitrogens with zero attached hydrogens (tertiary/aromatic N) is 3. The molecule has 124 valence electrons. The lowest BCUT2D eigenvalue weighted by Gasteiger charge is -2.13. The van der Waals surface area contributed by atoms with Crippen LogP contribution in [-0.2, 0) is 13.0 Å². The first-order valence-electron chi connectivity index (χ1n) is 8.05. The minimum Gasteiger partial charge on any atom is -0.445 e. The van der Waals surface area contributed by atoms with Crippen LogP contribution in [0.1, 0.15) is 34.4 Å². The van der Waals surface area contributed by atoms with Crippen LogP contribution in [0, 0.1) is 5.82 Å². The molecule has 3 aromatic rings. The molecule has 0 radical (unpaired) electrons. The summed E-state index contributed by atoms with van der Waals surface area (Å²) in [5.41, 5.74) is 2.77. The molecule has 1 aliphatic heterocycles. The van der Waals surface area contributed by atoms with Gasteiger partial charge in [-0.05, 0) is 30.7 Å². The Kier molecular flexibility index (Phi) is 4.40. The van der Waals surface area contributed by atoms with E-state index in [1.54, 1.807) is 23.6 Å². The number of thiazole rings is 1. The summed E-state index contributed by atoms with van der Waals surface area (Å²) in [7, 11) is 0. The highest BCUT2D eigenvalue weighted by Crippen LogP contribution is 2.28. The number of hydrogen-bond donors (Lipinski definition) is 0. The molecule has 0 amide bonds. The second-order valence-electron chi connectivity index (χ2n) is 6.16. The van der Waals surface area contributed by atoms with E-state index in [0.29, 0.717) is 12.3 Å². The number of benzene rings is 1. The van der Waals surface area contributed by atoms with Crippen LogP contribution in [0.15, 0.2) is 46.6 Å². The summed E-state index contributed by atoms with van der Waals surface area (Å²) in [6.45, 7) is 2.94. The zero-order chi connectivity index (χ0) is 16.4. The number of hydrogen-bond acceptors (Lipinski definition) is 5. The van der Waals surface area contributed by atoms with E-state index in [-0.39, 0.29) is 5.82 Å². The van der Waals surface area contributed by atoms with E-state index in [1.807, 2.05) is 17.8 Å². The third-order valence-corrected chi connectivity index (χ3v) is 5.09. The zero-order valence-corrected chi connectivity index (χ0v) is 14.0. The van der Waals surface area contributed by atoms with Gasteiger partial charge < -0.3 is 4.42 Å². The minimum atomic E-state index is -0.221. The Balaban J connectivity index is 1.38. The van der Waals surface area contributed by atoms with E-state index in [1.165, 1.54) is 17.0 Å². The summed E-state index contributed by atoms with van der Waals surface area (Å²) < 4.78 is 19.2. The summed E-state index contributed by atoms with van der Waals surface area (Å²) in [5.74, 6) is 1.70. The normalized spacial score (nSPS) is 18.3. The Morgan fingerprint density at radius 1 is 1.33 bits per heavy atom. The first kappa shape index (κ1) is 15.5. The predicted octanol–water partition coefficient (Wildman–Crippen LogP) is 3.85. The Morgan fingerprint density at radius 3 is 3.12 bits per heavy atom. The van der Waals surface area contributed by atoms with E-state index in [0.717, 1.165) is 43.3 Å². The maximum atomic E-state index is 13.3. The van der Waals surface area contributed by atoms with Gasteiger partial charge in [-0.15, -0.1) is 11.3 Å². The van der Waals surface area contributed by atoms with Crippen LogP contribution in [0.5, 0.6) is 0 Å². The molecule has 3 heterocycles. The van der Waals surface area contributed by atoms with Crippen molar-refractivity contribution in [1.82, 2.24) is 14.9 Å². The monoisotopic (exact) mass is 343 g/mol. The molecule has 4 nitrogen and oxygen atoms in total. The molecule has 2 aromatic heterocycles. The maximum absolute atomic E-state index is 13.3. The molecule has 6 heteroatoms. The SMILES string of the molecule is Fc1cccc(Cc2cnc([C@H]3CCN(Cc4cncs4)C3)o2)c1. The van der Waals surface area contributed by atoms with Crippen LogP contribution in [-0.4, -0.2) is 28.0 Å². The van der Waals surface area contributed by atoms with Crippen LogP contribution >= 0.6 is 11.3 Å². The second-order valence-corrected chi connectivity index (χ2v) is 7.13. The van der Waals surface area contributed by atoms with Crippen LogP contribution in [0.25, 0.3) is 0 Å². The van der Waals surface area contributed by atoms with E-state index in [4.69, 9.17) is 4.42 Å². The van der Waals surface area contributed by atoms with E-state index < -0.39 is 0 Å². The minimum absolute atomic E-state index is 0.221. The summed E-state index contributed by atoms with van der Waals surface area (Å²) >= 11 is 1.69. The maximum Gasteiger partial charge on any atom is 0.198 e. The highest BCUT2D eigenvalue weighted by atomic mass is 32.1. The number of aromatic nitrogens is 2. The molecule has 1 atom stereocenters. The average Bonchev–Trinajstić information content (AvgIpc) is 3.29. The van der Waals surface area contributed by atoms with Crippen molar-refractivity contribution in [3.63, 3.8) is 0 Å². The standard InChI is InChI=1S/C18H18FN3OS/c19-15-3-1-2-13(6-15)7-16-8-21-18(23-16)14-4-5-22(10-14)11-17-9-20-12-24-17/h1-3,6,8-9,12,14H,4-5,7,10-11H2/t14-/m0/s1. The number of rotatable bonds is 5. The van der Waals surface area contributed by atoms with Crippen molar-refractivity contribution >= 4 is 11.3 Å². The van der Waals surface area contributed by atoms with Gasteiger partial charge in [0, 0.05) is 36.5 Å². The van der Waals surface area contributed by atoms with Crippen LogP contribution in [0.4, 0.5) is 4.39 Å². The summed E-state index contributed by atoms with van der Waals surface area (Å²) in [6.07, 6.45) is 5.33. The molecule has 1 aromatic carbocycles. The Morgan fingerprint density at radius 2 is 2.29 bits per heavy atom. The predicted molar refractivity (Wildman–Crippen MR) is 90.5 cm³/mol. The van der Waals surface area contributed by atoms with Crippen LogP contribution in [0.3, 0.4) is 0 Å². The first-order chi connectivity index (χ1) is 11.8. The van der Waals surface area contributed by atoms with Gasteiger partial charge in [0.25, 0.3) is 0 Å². The van der Waals surface area contributed by atoms with Crippen LogP contribution in [0.2, 0.25) is 0 Å². The van der Waals surface area contributed by atoms with Crippen molar-refractivity contribution < 1.29 is 8.81 Å². The Hall–Kier alpha value is -2.05. The van der Waals surface area contributed by atoms with Crippen molar-refractivity contribution in [3.8, 4) is 0 Å². The molecular weight excluding hydrogens is 325 g/mol. The second kappa shape index (κ2) is 6.83. The van der Waals surface area contributed by atoms with Gasteiger partial charge in [0.2, 0.25) is 0 Å². The number of likely N-dealkylation sites (tertiary alicyclic amines) is 1. The quantitative estimate of drug-likeness (QED) is 0.706. The van der Waals surface area contributed by atoms with Crippen molar-refractivity contribution in [2.24, 2.45) is 0 Å². The largest absolute Gasteiger partial charge is 0.445 e. The lowest BCUT2D eigenvalue weighted by atomic mass is 10.1. The van der Waals surface area contributed by atoms with Gasteiger partial charge in [0.1, 0.15) is 11.6 Å². The third kappa shape index (κ3) is 3.55. The highest BCUT2D eigenvalue weighted by molar-refractivity contribution is 7.09. The van der Waals surface area contributed by atoms with Gasteiger partial charge in [-0.3, -0.25) is 9.88 Å². The van der Waals surface area contributed by atoms with Gasteiger partial charge in [0.05, 0.1) is 11.7 Å². The molecule has 1 saturated heterocycles. The molecule has 0 N–H and O–H groups in total. The van der Waals surface area contributed by atoms with E-state index >= 15 is 0 Å². The molecule has 0 unspecified atom stereocenters. The van der Waals surface area contributed by atoms with E-state index in [2.05, 4.69) is 14.9 Å². The zero-order valence-electron chi connectivity index (χ0n) is 13.2. The third-order valence-electron chi connectivity index (χ3n) is 4.32. The highest BCUT2D eigenvalue weighted by Gasteiger charge is 2.27. The summed E-state index contributed by atoms with van der Waals surface area (Å²) in [4.78, 5) is 12.3. The molecule has 0 aliphatic carbocycles. The lowest BCUT2D eigenvalue weighted by molar-refractivity contribution is 0.321. The molecule has 4 rings (SSSR count). The average molecular weight is 343 g/mol. The molecular formula is C18H18FN3OS. The molecule has 0 spiro atoms. The van der Waals surface area contributed by atoms with Crippen molar-refractivity contribution in [3.05, 3.63) is 70.1 Å². The van der Waals surface area contributed by atoms with Crippen LogP contribution < -0.4 is 0 Å². The Labute approximate surface area is 144 Å². The fraction of sp³-hybridized carbons (Fsp3) is 0.333. The Bertz CT molecular complexity index is 802. The smallest absolute Gasteiger partial charge is 0.198 e. The van der Waals surface area contributed by atoms with Gasteiger partial charge in [-0.25, -0.2) is 9.37 Å². The first-order valence-corrected chi connectivity index (χ1v) is 8.93. The number of oxazole rings is 1. The lowest BCUT2D eigenvalue weighted by Crippen LogP contribution is -2.19. The molecule has 24 heavy (non-hydrogen) atoms. The van der Waals surface area contributed by atoms with Gasteiger partial charge in [0.15, 0.2) is 5.89 Å². The molecule has 0 saturated carbocycles. The molecule has 1 fully saturated rings. The molecule has 1 aliphatic rings. The van der Waals surface area contributed by atoms with E-state index in [9.17, 15) is 4.39 Å². The van der Waals surface area contributed by atoms with Gasteiger partial charge >= 0.3 is 0 Å². The van der Waals surface area contributed by atoms with Crippen molar-refractivity contribution in [2.75, 3.05) is 13.1 Å². The van der Waals surface area contributed by atoms with Gasteiger partial charge in [-0.1, -0.05) is 12.1 Å².